The first-order valence-electron chi connectivity index (χ1n) is 5.69. The molecule has 18 heavy (non-hydrogen) atoms. The van der Waals surface area contributed by atoms with Crippen LogP contribution in [0.1, 0.15) is 12.8 Å². The number of amides is 1. The molecule has 0 saturated heterocycles. The van der Waals surface area contributed by atoms with Crippen LogP contribution in [0, 0.1) is 0 Å². The number of carbonyl (C=O) groups excluding carboxylic acids is 1. The van der Waals surface area contributed by atoms with Crippen molar-refractivity contribution in [1.82, 2.24) is 29.9 Å². The van der Waals surface area contributed by atoms with E-state index in [-0.39, 0.29) is 29.6 Å². The summed E-state index contributed by atoms with van der Waals surface area (Å²) in [5.41, 5.74) is 0.247. The Balaban J connectivity index is 1.89. The molecular weight excluding hydrogens is 236 g/mol. The van der Waals surface area contributed by atoms with Crippen molar-refractivity contribution in [1.29, 1.82) is 0 Å². The van der Waals surface area contributed by atoms with Gasteiger partial charge in [-0.05, 0) is 12.8 Å². The number of hydrogen-bond acceptors (Lipinski definition) is 5. The van der Waals surface area contributed by atoms with E-state index in [1.807, 2.05) is 0 Å². The van der Waals surface area contributed by atoms with Gasteiger partial charge in [0.25, 0.3) is 5.56 Å². The molecule has 0 aromatic carbocycles. The minimum atomic E-state index is -0.348. The van der Waals surface area contributed by atoms with Crippen molar-refractivity contribution in [2.75, 3.05) is 0 Å². The summed E-state index contributed by atoms with van der Waals surface area (Å²) in [6, 6.07) is 0.279. The van der Waals surface area contributed by atoms with E-state index in [4.69, 9.17) is 0 Å². The van der Waals surface area contributed by atoms with Crippen molar-refractivity contribution in [3.63, 3.8) is 0 Å². The highest BCUT2D eigenvalue weighted by Gasteiger charge is 2.23. The minimum Gasteiger partial charge on any atom is -0.352 e. The van der Waals surface area contributed by atoms with Crippen LogP contribution in [0.25, 0.3) is 11.2 Å². The van der Waals surface area contributed by atoms with Gasteiger partial charge in [-0.1, -0.05) is 5.21 Å². The summed E-state index contributed by atoms with van der Waals surface area (Å²) in [5, 5.41) is 10.3. The summed E-state index contributed by atoms with van der Waals surface area (Å²) in [5.74, 6) is -0.176. The van der Waals surface area contributed by atoms with Crippen LogP contribution in [-0.4, -0.2) is 36.5 Å². The van der Waals surface area contributed by atoms with Crippen molar-refractivity contribution in [2.45, 2.75) is 25.4 Å². The van der Waals surface area contributed by atoms with Crippen LogP contribution in [-0.2, 0) is 18.4 Å². The van der Waals surface area contributed by atoms with Crippen LogP contribution < -0.4 is 10.9 Å². The molecule has 1 saturated carbocycles. The van der Waals surface area contributed by atoms with E-state index < -0.39 is 0 Å². The highest BCUT2D eigenvalue weighted by atomic mass is 16.2. The zero-order valence-electron chi connectivity index (χ0n) is 9.83. The monoisotopic (exact) mass is 248 g/mol. The number of nitrogens with zero attached hydrogens (tertiary/aromatic N) is 5. The fourth-order valence-corrected chi connectivity index (χ4v) is 1.72. The molecule has 1 aliphatic rings. The van der Waals surface area contributed by atoms with Gasteiger partial charge in [0, 0.05) is 13.1 Å². The molecule has 1 fully saturated rings. The highest BCUT2D eigenvalue weighted by molar-refractivity contribution is 5.77. The number of fused-ring (bicyclic) bond motifs is 1. The van der Waals surface area contributed by atoms with E-state index in [0.717, 1.165) is 12.8 Å². The molecule has 1 amide bonds. The number of aryl methyl sites for hydroxylation is 1. The number of hydrogen-bond donors (Lipinski definition) is 1. The van der Waals surface area contributed by atoms with E-state index >= 15 is 0 Å². The lowest BCUT2D eigenvalue weighted by molar-refractivity contribution is -0.121. The molecule has 0 atom stereocenters. The first kappa shape index (κ1) is 10.9. The molecule has 3 rings (SSSR count). The van der Waals surface area contributed by atoms with Crippen LogP contribution in [0.4, 0.5) is 0 Å². The second-order valence-electron chi connectivity index (χ2n) is 4.40. The topological polar surface area (TPSA) is 94.7 Å². The van der Waals surface area contributed by atoms with Gasteiger partial charge in [-0.2, -0.15) is 0 Å². The first-order chi connectivity index (χ1) is 8.65. The van der Waals surface area contributed by atoms with E-state index in [2.05, 4.69) is 20.6 Å². The normalized spacial score (nSPS) is 14.9. The lowest BCUT2D eigenvalue weighted by Crippen LogP contribution is -2.33. The zero-order valence-corrected chi connectivity index (χ0v) is 9.83. The van der Waals surface area contributed by atoms with E-state index in [1.54, 1.807) is 7.05 Å². The van der Waals surface area contributed by atoms with Gasteiger partial charge in [0.1, 0.15) is 12.9 Å². The van der Waals surface area contributed by atoms with Crippen molar-refractivity contribution in [3.8, 4) is 0 Å². The molecule has 0 aliphatic heterocycles. The Morgan fingerprint density at radius 1 is 1.56 bits per heavy atom. The second kappa shape index (κ2) is 3.90. The molecule has 8 nitrogen and oxygen atoms in total. The lowest BCUT2D eigenvalue weighted by Gasteiger charge is -2.05. The second-order valence-corrected chi connectivity index (χ2v) is 4.40. The van der Waals surface area contributed by atoms with E-state index in [9.17, 15) is 9.59 Å². The summed E-state index contributed by atoms with van der Waals surface area (Å²) in [7, 11) is 1.66. The molecule has 2 aromatic rings. The zero-order chi connectivity index (χ0) is 12.7. The fourth-order valence-electron chi connectivity index (χ4n) is 1.72. The Morgan fingerprint density at radius 2 is 2.33 bits per heavy atom. The molecule has 1 N–H and O–H groups in total. The molecule has 8 heteroatoms. The van der Waals surface area contributed by atoms with Gasteiger partial charge in [0.15, 0.2) is 11.2 Å². The molecule has 0 bridgehead atoms. The molecule has 0 unspecified atom stereocenters. The number of carbonyl (C=O) groups is 1. The van der Waals surface area contributed by atoms with Crippen molar-refractivity contribution < 1.29 is 4.79 Å². The van der Waals surface area contributed by atoms with Crippen LogP contribution in [0.3, 0.4) is 0 Å². The molecular formula is C10H12N6O2. The maximum atomic E-state index is 12.0. The Kier molecular flexibility index (Phi) is 2.35. The van der Waals surface area contributed by atoms with E-state index in [0.29, 0.717) is 5.65 Å². The van der Waals surface area contributed by atoms with Gasteiger partial charge in [-0.15, -0.1) is 5.10 Å². The summed E-state index contributed by atoms with van der Waals surface area (Å²) >= 11 is 0. The average molecular weight is 248 g/mol. The fraction of sp³-hybridized carbons (Fsp3) is 0.500. The Bertz CT molecular complexity index is 669. The average Bonchev–Trinajstić information content (AvgIpc) is 3.05. The van der Waals surface area contributed by atoms with Crippen molar-refractivity contribution in [3.05, 3.63) is 16.7 Å². The summed E-state index contributed by atoms with van der Waals surface area (Å²) < 4.78 is 2.67. The Hall–Kier alpha value is -2.25. The van der Waals surface area contributed by atoms with Gasteiger partial charge in [-0.3, -0.25) is 14.2 Å². The Labute approximate surface area is 102 Å². The van der Waals surface area contributed by atoms with Gasteiger partial charge < -0.3 is 5.32 Å². The summed E-state index contributed by atoms with van der Waals surface area (Å²) in [6.07, 6.45) is 3.38. The van der Waals surface area contributed by atoms with Crippen molar-refractivity contribution >= 4 is 17.1 Å². The standard InChI is InChI=1S/C10H12N6O2/c1-15-9-8(13-14-15)10(18)16(5-11-9)4-7(17)12-6-2-3-6/h5-6H,2-4H2,1H3,(H,12,17). The maximum absolute atomic E-state index is 12.0. The summed E-state index contributed by atoms with van der Waals surface area (Å²) in [6.45, 7) is -0.0329. The SMILES string of the molecule is Cn1nnc2c(=O)n(CC(=O)NC3CC3)cnc21. The molecule has 94 valence electrons. The van der Waals surface area contributed by atoms with Gasteiger partial charge in [0.2, 0.25) is 5.91 Å². The van der Waals surface area contributed by atoms with Gasteiger partial charge in [-0.25, -0.2) is 9.67 Å². The third kappa shape index (κ3) is 1.85. The molecule has 0 spiro atoms. The van der Waals surface area contributed by atoms with Crippen LogP contribution in [0.15, 0.2) is 11.1 Å². The third-order valence-electron chi connectivity index (χ3n) is 2.84. The number of aromatic nitrogens is 5. The lowest BCUT2D eigenvalue weighted by atomic mass is 10.5. The largest absolute Gasteiger partial charge is 0.352 e. The van der Waals surface area contributed by atoms with Crippen LogP contribution in [0.2, 0.25) is 0 Å². The first-order valence-corrected chi connectivity index (χ1v) is 5.69. The minimum absolute atomic E-state index is 0.0329. The van der Waals surface area contributed by atoms with Gasteiger partial charge >= 0.3 is 0 Å². The molecule has 1 aliphatic carbocycles. The smallest absolute Gasteiger partial charge is 0.283 e. The van der Waals surface area contributed by atoms with Crippen LogP contribution in [0.5, 0.6) is 0 Å². The van der Waals surface area contributed by atoms with Crippen molar-refractivity contribution in [2.24, 2.45) is 7.05 Å². The quantitative estimate of drug-likeness (QED) is 0.736. The third-order valence-corrected chi connectivity index (χ3v) is 2.84. The van der Waals surface area contributed by atoms with Gasteiger partial charge in [0.05, 0.1) is 0 Å². The summed E-state index contributed by atoms with van der Waals surface area (Å²) in [4.78, 5) is 27.7. The maximum Gasteiger partial charge on any atom is 0.283 e. The molecule has 2 heterocycles. The predicted molar refractivity (Wildman–Crippen MR) is 61.7 cm³/mol. The Morgan fingerprint density at radius 3 is 3.06 bits per heavy atom. The number of rotatable bonds is 3. The predicted octanol–water partition coefficient (Wildman–Crippen LogP) is -1.20. The molecule has 0 radical (unpaired) electrons. The van der Waals surface area contributed by atoms with E-state index in [1.165, 1.54) is 15.6 Å². The molecule has 2 aromatic heterocycles. The number of nitrogens with one attached hydrogen (secondary N) is 1. The highest BCUT2D eigenvalue weighted by Crippen LogP contribution is 2.18. The van der Waals surface area contributed by atoms with Crippen LogP contribution >= 0.6 is 0 Å².